The van der Waals surface area contributed by atoms with Crippen molar-refractivity contribution in [1.82, 2.24) is 14.5 Å². The fourth-order valence-electron chi connectivity index (χ4n) is 1.92. The molecule has 2 heterocycles. The summed E-state index contributed by atoms with van der Waals surface area (Å²) < 4.78 is 2.94. The number of thioether (sulfide) groups is 1. The van der Waals surface area contributed by atoms with Crippen LogP contribution in [0, 0.1) is 0 Å². The van der Waals surface area contributed by atoms with Crippen LogP contribution in [0.2, 0.25) is 0 Å². The number of rotatable bonds is 6. The van der Waals surface area contributed by atoms with Crippen LogP contribution in [0.25, 0.3) is 11.2 Å². The number of H-pyrrole nitrogens is 2. The molecular formula is C12H14N4O4S. The number of aryl methyl sites for hydroxylation is 1. The Morgan fingerprint density at radius 3 is 2.81 bits per heavy atom. The van der Waals surface area contributed by atoms with Gasteiger partial charge in [0.05, 0.1) is 0 Å². The molecule has 0 saturated carbocycles. The van der Waals surface area contributed by atoms with Gasteiger partial charge in [-0.3, -0.25) is 14.3 Å². The first-order valence-corrected chi connectivity index (χ1v) is 7.12. The number of carboxylic acids is 1. The number of hydrogen-bond acceptors (Lipinski definition) is 5. The summed E-state index contributed by atoms with van der Waals surface area (Å²) in [7, 11) is 1.53. The molecule has 9 heteroatoms. The van der Waals surface area contributed by atoms with E-state index in [1.165, 1.54) is 23.4 Å². The van der Waals surface area contributed by atoms with Crippen molar-refractivity contribution >= 4 is 28.9 Å². The molecule has 0 unspecified atom stereocenters. The topological polar surface area (TPSA) is 115 Å². The predicted molar refractivity (Wildman–Crippen MR) is 74.9 cm³/mol. The van der Waals surface area contributed by atoms with Crippen LogP contribution in [0.5, 0.6) is 0 Å². The number of carbonyl (C=O) groups excluding carboxylic acids is 1. The lowest BCUT2D eigenvalue weighted by Gasteiger charge is -1.99. The summed E-state index contributed by atoms with van der Waals surface area (Å²) in [4.78, 5) is 39.3. The average molecular weight is 310 g/mol. The largest absolute Gasteiger partial charge is 0.550 e. The highest BCUT2D eigenvalue weighted by molar-refractivity contribution is 7.99. The molecule has 2 N–H and O–H groups in total. The van der Waals surface area contributed by atoms with Crippen molar-refractivity contribution in [2.75, 3.05) is 5.75 Å². The lowest BCUT2D eigenvalue weighted by atomic mass is 10.5. The van der Waals surface area contributed by atoms with Crippen LogP contribution in [0.4, 0.5) is 0 Å². The summed E-state index contributed by atoms with van der Waals surface area (Å²) in [5.41, 5.74) is -0.335. The Balaban J connectivity index is 2.57. The molecule has 21 heavy (non-hydrogen) atoms. The third-order valence-corrected chi connectivity index (χ3v) is 3.90. The van der Waals surface area contributed by atoms with Gasteiger partial charge in [0.15, 0.2) is 0 Å². The maximum Gasteiger partial charge on any atom is 0.331 e. The third kappa shape index (κ3) is 2.92. The van der Waals surface area contributed by atoms with Gasteiger partial charge in [0.25, 0.3) is 11.2 Å². The van der Waals surface area contributed by atoms with Gasteiger partial charge in [-0.25, -0.2) is 14.3 Å². The molecule has 2 aromatic heterocycles. The summed E-state index contributed by atoms with van der Waals surface area (Å²) in [5.74, 6) is -0.850. The number of nitrogens with one attached hydrogen (secondary N) is 2. The van der Waals surface area contributed by atoms with Gasteiger partial charge in [-0.2, -0.15) is 0 Å². The lowest BCUT2D eigenvalue weighted by molar-refractivity contribution is -0.699. The standard InChI is InChI=1S/C12H14N4O4S/c1-3-5-16-8-9(15(2)11(20)14-10(8)19)13-12(16)21-6-4-7(17)18/h3H,1,4-6H2,2H3,(H2,14,17,18,19,20). The molecule has 0 spiro atoms. The summed E-state index contributed by atoms with van der Waals surface area (Å²) in [6.45, 7) is 3.99. The molecule has 112 valence electrons. The molecule has 0 amide bonds. The summed E-state index contributed by atoms with van der Waals surface area (Å²) >= 11 is 1.23. The van der Waals surface area contributed by atoms with E-state index in [2.05, 4.69) is 16.5 Å². The number of aromatic amines is 2. The van der Waals surface area contributed by atoms with E-state index in [1.807, 2.05) is 0 Å². The fraction of sp³-hybridized carbons (Fsp3) is 0.333. The lowest BCUT2D eigenvalue weighted by Crippen LogP contribution is -2.40. The summed E-state index contributed by atoms with van der Waals surface area (Å²) in [6.07, 6.45) is 1.50. The monoisotopic (exact) mass is 310 g/mol. The quantitative estimate of drug-likeness (QED) is 0.373. The first kappa shape index (κ1) is 15.1. The van der Waals surface area contributed by atoms with Crippen molar-refractivity contribution in [2.24, 2.45) is 7.05 Å². The van der Waals surface area contributed by atoms with E-state index < -0.39 is 17.2 Å². The SMILES string of the molecule is C=CC[n+]1c(SCCC(=O)[O-])[nH]c2c1c(=O)[nH]c(=O)n2C. The molecule has 0 atom stereocenters. The molecule has 0 radical (unpaired) electrons. The van der Waals surface area contributed by atoms with Crippen LogP contribution in [-0.2, 0) is 18.4 Å². The molecule has 8 nitrogen and oxygen atoms in total. The molecule has 0 aliphatic heterocycles. The van der Waals surface area contributed by atoms with Crippen LogP contribution in [0.3, 0.4) is 0 Å². The number of carboxylic acid groups (broad SMARTS) is 1. The van der Waals surface area contributed by atoms with Crippen molar-refractivity contribution in [2.45, 2.75) is 18.1 Å². The van der Waals surface area contributed by atoms with E-state index in [1.54, 1.807) is 10.6 Å². The number of imidazole rings is 1. The van der Waals surface area contributed by atoms with Crippen molar-refractivity contribution in [3.8, 4) is 0 Å². The number of hydrogen-bond donors (Lipinski definition) is 2. The van der Waals surface area contributed by atoms with Crippen LogP contribution < -0.4 is 20.9 Å². The predicted octanol–water partition coefficient (Wildman–Crippen LogP) is -1.74. The van der Waals surface area contributed by atoms with Crippen LogP contribution in [0.1, 0.15) is 6.42 Å². The first-order chi connectivity index (χ1) is 9.95. The Bertz CT molecular complexity index is 817. The van der Waals surface area contributed by atoms with E-state index >= 15 is 0 Å². The van der Waals surface area contributed by atoms with Gasteiger partial charge in [0.2, 0.25) is 0 Å². The van der Waals surface area contributed by atoms with E-state index in [-0.39, 0.29) is 12.2 Å². The minimum absolute atomic E-state index is 0.108. The number of nitrogens with zero attached hydrogens (tertiary/aromatic N) is 2. The Kier molecular flexibility index (Phi) is 4.32. The second-order valence-electron chi connectivity index (χ2n) is 4.32. The van der Waals surface area contributed by atoms with Crippen molar-refractivity contribution in [3.05, 3.63) is 33.5 Å². The summed E-state index contributed by atoms with van der Waals surface area (Å²) in [6, 6.07) is 0. The number of fused-ring (bicyclic) bond motifs is 1. The van der Waals surface area contributed by atoms with Gasteiger partial charge < -0.3 is 9.90 Å². The average Bonchev–Trinajstić information content (AvgIpc) is 2.76. The zero-order valence-electron chi connectivity index (χ0n) is 11.3. The molecule has 2 aromatic rings. The van der Waals surface area contributed by atoms with E-state index in [0.29, 0.717) is 22.9 Å². The van der Waals surface area contributed by atoms with Gasteiger partial charge in [0.1, 0.15) is 6.54 Å². The third-order valence-electron chi connectivity index (χ3n) is 2.90. The highest BCUT2D eigenvalue weighted by Crippen LogP contribution is 2.15. The van der Waals surface area contributed by atoms with Gasteiger partial charge >= 0.3 is 16.4 Å². The van der Waals surface area contributed by atoms with Gasteiger partial charge in [-0.15, -0.1) is 0 Å². The zero-order chi connectivity index (χ0) is 15.6. The molecule has 0 bridgehead atoms. The molecule has 0 fully saturated rings. The van der Waals surface area contributed by atoms with Crippen molar-refractivity contribution in [1.29, 1.82) is 0 Å². The van der Waals surface area contributed by atoms with Gasteiger partial charge in [0, 0.05) is 18.8 Å². The maximum absolute atomic E-state index is 12.0. The van der Waals surface area contributed by atoms with Gasteiger partial charge in [-0.05, 0) is 18.2 Å². The fourth-order valence-corrected chi connectivity index (χ4v) is 2.87. The zero-order valence-corrected chi connectivity index (χ0v) is 12.2. The Labute approximate surface area is 123 Å². The van der Waals surface area contributed by atoms with Crippen LogP contribution in [0.15, 0.2) is 27.4 Å². The van der Waals surface area contributed by atoms with Crippen molar-refractivity contribution in [3.63, 3.8) is 0 Å². The number of aliphatic carboxylic acids is 1. The normalized spacial score (nSPS) is 10.9. The number of carbonyl (C=O) groups is 1. The molecule has 0 aliphatic rings. The number of aromatic nitrogens is 4. The second-order valence-corrected chi connectivity index (χ2v) is 5.40. The highest BCUT2D eigenvalue weighted by Gasteiger charge is 2.23. The van der Waals surface area contributed by atoms with Gasteiger partial charge in [-0.1, -0.05) is 12.7 Å². The van der Waals surface area contributed by atoms with Crippen LogP contribution >= 0.6 is 11.8 Å². The smallest absolute Gasteiger partial charge is 0.331 e. The van der Waals surface area contributed by atoms with Crippen LogP contribution in [-0.4, -0.2) is 26.3 Å². The Hall–Kier alpha value is -2.29. The Morgan fingerprint density at radius 1 is 1.48 bits per heavy atom. The minimum atomic E-state index is -1.14. The second kappa shape index (κ2) is 6.00. The minimum Gasteiger partial charge on any atom is -0.550 e. The Morgan fingerprint density at radius 2 is 2.19 bits per heavy atom. The molecule has 0 aromatic carbocycles. The van der Waals surface area contributed by atoms with E-state index in [4.69, 9.17) is 0 Å². The molecular weight excluding hydrogens is 296 g/mol. The van der Waals surface area contributed by atoms with E-state index in [9.17, 15) is 19.5 Å². The first-order valence-electron chi connectivity index (χ1n) is 6.14. The molecule has 2 rings (SSSR count). The van der Waals surface area contributed by atoms with E-state index in [0.717, 1.165) is 0 Å². The molecule has 0 saturated heterocycles. The summed E-state index contributed by atoms with van der Waals surface area (Å²) in [5, 5.41) is 11.0. The molecule has 0 aliphatic carbocycles. The highest BCUT2D eigenvalue weighted by atomic mass is 32.2. The number of allylic oxidation sites excluding steroid dienone is 1. The maximum atomic E-state index is 12.0. The van der Waals surface area contributed by atoms with Crippen molar-refractivity contribution < 1.29 is 14.5 Å².